The van der Waals surface area contributed by atoms with E-state index in [9.17, 15) is 0 Å². The highest BCUT2D eigenvalue weighted by atomic mass is 16.3. The molecule has 4 aromatic rings. The molecular formula is C50H57BN2O. The highest BCUT2D eigenvalue weighted by molar-refractivity contribution is 6.95. The summed E-state index contributed by atoms with van der Waals surface area (Å²) in [4.78, 5) is 5.35. The third-order valence-electron chi connectivity index (χ3n) is 14.8. The van der Waals surface area contributed by atoms with Gasteiger partial charge in [-0.3, -0.25) is 0 Å². The summed E-state index contributed by atoms with van der Waals surface area (Å²) >= 11 is 0. The van der Waals surface area contributed by atoms with Crippen LogP contribution in [0.15, 0.2) is 99.7 Å². The second-order valence-corrected chi connectivity index (χ2v) is 20.9. The van der Waals surface area contributed by atoms with Gasteiger partial charge < -0.3 is 14.2 Å². The number of rotatable bonds is 1. The predicted octanol–water partition coefficient (Wildman–Crippen LogP) is 12.2. The lowest BCUT2D eigenvalue weighted by Crippen LogP contribution is -2.62. The van der Waals surface area contributed by atoms with Crippen molar-refractivity contribution in [3.05, 3.63) is 118 Å². The molecule has 0 radical (unpaired) electrons. The molecule has 276 valence electrons. The number of aryl methyl sites for hydroxylation is 3. The molecule has 3 aromatic carbocycles. The molecule has 1 saturated carbocycles. The van der Waals surface area contributed by atoms with Crippen LogP contribution in [0.2, 0.25) is 0 Å². The Bertz CT molecular complexity index is 2450. The zero-order valence-corrected chi connectivity index (χ0v) is 34.7. The third kappa shape index (κ3) is 4.49. The second-order valence-electron chi connectivity index (χ2n) is 20.9. The fourth-order valence-electron chi connectivity index (χ4n) is 11.6. The quantitative estimate of drug-likeness (QED) is 0.183. The van der Waals surface area contributed by atoms with Gasteiger partial charge >= 0.3 is 0 Å². The van der Waals surface area contributed by atoms with E-state index in [0.717, 1.165) is 17.7 Å². The fourth-order valence-corrected chi connectivity index (χ4v) is 11.6. The summed E-state index contributed by atoms with van der Waals surface area (Å²) in [6.07, 6.45) is 13.9. The Kier molecular flexibility index (Phi) is 6.85. The van der Waals surface area contributed by atoms with Crippen molar-refractivity contribution in [2.75, 3.05) is 9.80 Å². The lowest BCUT2D eigenvalue weighted by Gasteiger charge is -2.63. The molecule has 4 heterocycles. The predicted molar refractivity (Wildman–Crippen MR) is 229 cm³/mol. The fraction of sp³-hybridized carbons (Fsp3) is 0.440. The Morgan fingerprint density at radius 2 is 1.52 bits per heavy atom. The largest absolute Gasteiger partial charge is 0.468 e. The van der Waals surface area contributed by atoms with Crippen LogP contribution in [0.1, 0.15) is 104 Å². The Balaban J connectivity index is 1.31. The van der Waals surface area contributed by atoms with Crippen LogP contribution in [0, 0.1) is 54.8 Å². The van der Waals surface area contributed by atoms with Gasteiger partial charge in [0.15, 0.2) is 0 Å². The second kappa shape index (κ2) is 10.8. The van der Waals surface area contributed by atoms with E-state index in [-0.39, 0.29) is 28.4 Å². The Hall–Kier alpha value is -4.18. The number of furan rings is 1. The molecule has 0 amide bonds. The van der Waals surface area contributed by atoms with Crippen molar-refractivity contribution in [3.8, 4) is 0 Å². The van der Waals surface area contributed by atoms with Crippen molar-refractivity contribution >= 4 is 51.6 Å². The molecule has 3 aliphatic heterocycles. The van der Waals surface area contributed by atoms with Crippen LogP contribution < -0.4 is 20.9 Å². The van der Waals surface area contributed by atoms with Gasteiger partial charge in [0.2, 0.25) is 0 Å². The van der Waals surface area contributed by atoms with Crippen molar-refractivity contribution in [1.29, 1.82) is 0 Å². The number of benzene rings is 3. The van der Waals surface area contributed by atoms with Gasteiger partial charge in [-0.05, 0) is 143 Å². The first-order valence-corrected chi connectivity index (χ1v) is 20.6. The topological polar surface area (TPSA) is 19.6 Å². The number of nitrogens with zero attached hydrogens (tertiary/aromatic N) is 2. The van der Waals surface area contributed by atoms with Crippen molar-refractivity contribution < 1.29 is 4.42 Å². The first-order chi connectivity index (χ1) is 25.4. The van der Waals surface area contributed by atoms with Crippen molar-refractivity contribution in [1.82, 2.24) is 0 Å². The minimum absolute atomic E-state index is 0.0125. The van der Waals surface area contributed by atoms with Gasteiger partial charge in [-0.1, -0.05) is 104 Å². The monoisotopic (exact) mass is 712 g/mol. The van der Waals surface area contributed by atoms with E-state index in [1.165, 1.54) is 85.6 Å². The maximum absolute atomic E-state index is 7.23. The van der Waals surface area contributed by atoms with E-state index in [4.69, 9.17) is 4.42 Å². The molecule has 4 heteroatoms. The first-order valence-electron chi connectivity index (χ1n) is 20.6. The van der Waals surface area contributed by atoms with Crippen LogP contribution in [0.25, 0.3) is 11.0 Å². The van der Waals surface area contributed by atoms with E-state index in [1.54, 1.807) is 5.57 Å². The number of hydrogen-bond donors (Lipinski definition) is 0. The van der Waals surface area contributed by atoms with Gasteiger partial charge in [0.25, 0.3) is 6.71 Å². The molecule has 0 bridgehead atoms. The van der Waals surface area contributed by atoms with Gasteiger partial charge in [-0.25, -0.2) is 0 Å². The zero-order chi connectivity index (χ0) is 38.0. The summed E-state index contributed by atoms with van der Waals surface area (Å²) in [7, 11) is 0. The highest BCUT2D eigenvalue weighted by Gasteiger charge is 2.61. The summed E-state index contributed by atoms with van der Waals surface area (Å²) in [6.45, 7) is 28.7. The van der Waals surface area contributed by atoms with Gasteiger partial charge in [-0.2, -0.15) is 0 Å². The van der Waals surface area contributed by atoms with E-state index in [0.29, 0.717) is 17.8 Å². The summed E-state index contributed by atoms with van der Waals surface area (Å²) in [6, 6.07) is 18.8. The highest BCUT2D eigenvalue weighted by Crippen LogP contribution is 2.67. The van der Waals surface area contributed by atoms with Crippen LogP contribution in [0.4, 0.5) is 22.7 Å². The number of fused-ring (bicyclic) bond motifs is 8. The molecule has 4 unspecified atom stereocenters. The van der Waals surface area contributed by atoms with Crippen LogP contribution >= 0.6 is 0 Å². The molecule has 4 atom stereocenters. The lowest BCUT2D eigenvalue weighted by atomic mass is 9.32. The van der Waals surface area contributed by atoms with E-state index >= 15 is 0 Å². The number of hydrogen-bond acceptors (Lipinski definition) is 3. The van der Waals surface area contributed by atoms with Crippen molar-refractivity contribution in [2.24, 2.45) is 34.0 Å². The maximum Gasteiger partial charge on any atom is 0.296 e. The van der Waals surface area contributed by atoms with Gasteiger partial charge in [0.05, 0.1) is 11.3 Å². The van der Waals surface area contributed by atoms with Crippen LogP contribution in [0.5, 0.6) is 0 Å². The van der Waals surface area contributed by atoms with Crippen LogP contribution in [0.3, 0.4) is 0 Å². The summed E-state index contributed by atoms with van der Waals surface area (Å²) in [5.74, 6) is 1.40. The number of allylic oxidation sites excluding steroid dienone is 7. The normalized spacial score (nSPS) is 26.3. The maximum atomic E-state index is 7.23. The molecule has 1 aromatic heterocycles. The van der Waals surface area contributed by atoms with Crippen LogP contribution in [-0.4, -0.2) is 6.71 Å². The Morgan fingerprint density at radius 1 is 0.778 bits per heavy atom. The Labute approximate surface area is 324 Å². The molecule has 0 N–H and O–H groups in total. The third-order valence-corrected chi connectivity index (χ3v) is 14.8. The van der Waals surface area contributed by atoms with Gasteiger partial charge in [0, 0.05) is 39.8 Å². The SMILES string of the molecule is Cc1cc2c3c(c1)N(c1ccc(C(C)(C)C)cc1C)c1c(oc4ccc(C)cc14)B3C1=C3C4C(C=C1)C(C)(C)CCC4(C)C1=C(C=CC(C(C)(C)C)C1)N32. The molecule has 10 rings (SSSR count). The van der Waals surface area contributed by atoms with E-state index < -0.39 is 0 Å². The standard InChI is InChI=1S/C50H57BN2O/c1-28-13-20-41-33(23-28)44-46(54-41)51-36-17-16-34-42-45(36)53(38-19-15-32(48(7,8)9)27-35(38)50(42,12)22-21-49(34,10)11)40-25-29(2)24-39(43(40)51)52(44)37-18-14-31(26-30(37)3)47(4,5)6/h13-20,23-26,32,34,42H,21-22,27H2,1-12H3. The Morgan fingerprint density at radius 3 is 2.22 bits per heavy atom. The number of anilines is 4. The lowest BCUT2D eigenvalue weighted by molar-refractivity contribution is 0.0266. The molecule has 0 spiro atoms. The first kappa shape index (κ1) is 34.3. The summed E-state index contributed by atoms with van der Waals surface area (Å²) in [5.41, 5.74) is 20.4. The van der Waals surface area contributed by atoms with E-state index in [2.05, 4.69) is 166 Å². The van der Waals surface area contributed by atoms with E-state index in [1.807, 2.05) is 0 Å². The molecule has 1 fully saturated rings. The molecule has 3 nitrogen and oxygen atoms in total. The molecule has 6 aliphatic rings. The molecule has 54 heavy (non-hydrogen) atoms. The van der Waals surface area contributed by atoms with Crippen molar-refractivity contribution in [3.63, 3.8) is 0 Å². The minimum atomic E-state index is 0.0125. The molecule has 0 saturated heterocycles. The molecule has 3 aliphatic carbocycles. The minimum Gasteiger partial charge on any atom is -0.468 e. The average Bonchev–Trinajstić information content (AvgIpc) is 3.47. The van der Waals surface area contributed by atoms with Gasteiger partial charge in [0.1, 0.15) is 5.58 Å². The zero-order valence-electron chi connectivity index (χ0n) is 34.7. The van der Waals surface area contributed by atoms with Gasteiger partial charge in [-0.15, -0.1) is 0 Å². The smallest absolute Gasteiger partial charge is 0.296 e. The molecular weight excluding hydrogens is 655 g/mol. The average molecular weight is 713 g/mol. The summed E-state index contributed by atoms with van der Waals surface area (Å²) in [5, 5.41) is 1.20. The summed E-state index contributed by atoms with van der Waals surface area (Å²) < 4.78 is 7.23. The van der Waals surface area contributed by atoms with Crippen molar-refractivity contribution in [2.45, 2.75) is 108 Å². The van der Waals surface area contributed by atoms with Crippen LogP contribution in [-0.2, 0) is 5.41 Å².